The van der Waals surface area contributed by atoms with Gasteiger partial charge in [-0.3, -0.25) is 4.79 Å². The first-order valence-corrected chi connectivity index (χ1v) is 7.72. The van der Waals surface area contributed by atoms with Gasteiger partial charge in [-0.1, -0.05) is 28.9 Å². The van der Waals surface area contributed by atoms with Gasteiger partial charge in [-0.05, 0) is 32.1 Å². The molecule has 2 aromatic rings. The Kier molecular flexibility index (Phi) is 4.45. The fourth-order valence-corrected chi connectivity index (χ4v) is 2.76. The van der Waals surface area contributed by atoms with Crippen LogP contribution in [0.4, 0.5) is 0 Å². The molecule has 0 unspecified atom stereocenters. The van der Waals surface area contributed by atoms with E-state index in [1.165, 1.54) is 0 Å². The van der Waals surface area contributed by atoms with E-state index in [1.54, 1.807) is 18.2 Å². The number of carbonyl (C=O) groups is 1. The molecule has 0 spiro atoms. The molecule has 1 aliphatic heterocycles. The summed E-state index contributed by atoms with van der Waals surface area (Å²) in [5.41, 5.74) is 1.16. The number of likely N-dealkylation sites (N-methyl/N-ethyl adjacent to an activating group) is 1. The average molecular weight is 320 g/mol. The van der Waals surface area contributed by atoms with Crippen LogP contribution in [-0.4, -0.2) is 54.1 Å². The highest BCUT2D eigenvalue weighted by molar-refractivity contribution is 6.30. The second kappa shape index (κ2) is 6.50. The summed E-state index contributed by atoms with van der Waals surface area (Å²) in [5.74, 6) is 0.477. The minimum atomic E-state index is -0.0765. The number of aromatic nitrogens is 1. The number of halogens is 1. The van der Waals surface area contributed by atoms with E-state index in [1.807, 2.05) is 17.0 Å². The maximum absolute atomic E-state index is 12.5. The van der Waals surface area contributed by atoms with Crippen LogP contribution in [0.25, 0.3) is 11.3 Å². The third-order valence-corrected chi connectivity index (χ3v) is 4.08. The quantitative estimate of drug-likeness (QED) is 0.854. The summed E-state index contributed by atoms with van der Waals surface area (Å²) in [5, 5.41) is 4.55. The minimum Gasteiger partial charge on any atom is -0.355 e. The van der Waals surface area contributed by atoms with Gasteiger partial charge in [-0.2, -0.15) is 0 Å². The molecule has 1 saturated heterocycles. The molecule has 0 saturated carbocycles. The second-order valence-electron chi connectivity index (χ2n) is 5.54. The molecule has 0 N–H and O–H groups in total. The van der Waals surface area contributed by atoms with Crippen LogP contribution in [0.2, 0.25) is 5.02 Å². The summed E-state index contributed by atoms with van der Waals surface area (Å²) in [4.78, 5) is 16.6. The fourth-order valence-electron chi connectivity index (χ4n) is 2.57. The molecule has 0 atom stereocenters. The van der Waals surface area contributed by atoms with Crippen molar-refractivity contribution in [2.75, 3.05) is 33.2 Å². The van der Waals surface area contributed by atoms with E-state index in [4.69, 9.17) is 16.1 Å². The van der Waals surface area contributed by atoms with E-state index < -0.39 is 0 Å². The normalized spacial score (nSPS) is 16.5. The predicted octanol–water partition coefficient (Wildman–Crippen LogP) is 2.77. The molecule has 1 aromatic heterocycles. The number of amides is 1. The van der Waals surface area contributed by atoms with Crippen LogP contribution < -0.4 is 0 Å². The van der Waals surface area contributed by atoms with Crippen LogP contribution in [0.15, 0.2) is 34.9 Å². The molecule has 3 rings (SSSR count). The second-order valence-corrected chi connectivity index (χ2v) is 5.97. The predicted molar refractivity (Wildman–Crippen MR) is 85.0 cm³/mol. The summed E-state index contributed by atoms with van der Waals surface area (Å²) >= 11 is 5.98. The number of benzene rings is 1. The molecule has 6 heteroatoms. The Morgan fingerprint density at radius 3 is 2.91 bits per heavy atom. The van der Waals surface area contributed by atoms with Crippen molar-refractivity contribution in [2.45, 2.75) is 6.42 Å². The lowest BCUT2D eigenvalue weighted by atomic mass is 10.1. The zero-order chi connectivity index (χ0) is 15.5. The number of rotatable bonds is 2. The number of hydrogen-bond acceptors (Lipinski definition) is 4. The van der Waals surface area contributed by atoms with Gasteiger partial charge in [0.05, 0.1) is 0 Å². The summed E-state index contributed by atoms with van der Waals surface area (Å²) in [7, 11) is 2.07. The zero-order valence-corrected chi connectivity index (χ0v) is 13.2. The maximum atomic E-state index is 12.5. The highest BCUT2D eigenvalue weighted by atomic mass is 35.5. The molecule has 5 nitrogen and oxygen atoms in total. The van der Waals surface area contributed by atoms with Crippen molar-refractivity contribution in [3.63, 3.8) is 0 Å². The van der Waals surface area contributed by atoms with Gasteiger partial charge in [0.1, 0.15) is 0 Å². The van der Waals surface area contributed by atoms with Crippen molar-refractivity contribution in [3.05, 3.63) is 41.0 Å². The van der Waals surface area contributed by atoms with Crippen LogP contribution >= 0.6 is 11.6 Å². The van der Waals surface area contributed by atoms with E-state index in [0.29, 0.717) is 23.0 Å². The van der Waals surface area contributed by atoms with Gasteiger partial charge in [-0.15, -0.1) is 0 Å². The first kappa shape index (κ1) is 15.1. The average Bonchev–Trinajstić information content (AvgIpc) is 2.90. The fraction of sp³-hybridized carbons (Fsp3) is 0.375. The topological polar surface area (TPSA) is 49.6 Å². The van der Waals surface area contributed by atoms with Crippen LogP contribution in [0.1, 0.15) is 16.9 Å². The van der Waals surface area contributed by atoms with Gasteiger partial charge in [0.15, 0.2) is 11.5 Å². The van der Waals surface area contributed by atoms with Gasteiger partial charge in [0.25, 0.3) is 5.91 Å². The molecule has 22 heavy (non-hydrogen) atoms. The Morgan fingerprint density at radius 2 is 2.09 bits per heavy atom. The monoisotopic (exact) mass is 319 g/mol. The van der Waals surface area contributed by atoms with Crippen molar-refractivity contribution >= 4 is 17.5 Å². The van der Waals surface area contributed by atoms with E-state index in [-0.39, 0.29) is 5.91 Å². The van der Waals surface area contributed by atoms with Gasteiger partial charge < -0.3 is 14.3 Å². The van der Waals surface area contributed by atoms with Crippen molar-refractivity contribution in [1.29, 1.82) is 0 Å². The Labute approximate surface area is 134 Å². The Morgan fingerprint density at radius 1 is 1.23 bits per heavy atom. The Hall–Kier alpha value is -1.85. The summed E-state index contributed by atoms with van der Waals surface area (Å²) in [6, 6.07) is 8.98. The van der Waals surface area contributed by atoms with Crippen LogP contribution in [0, 0.1) is 0 Å². The molecule has 0 bridgehead atoms. The van der Waals surface area contributed by atoms with E-state index in [0.717, 1.165) is 31.6 Å². The Balaban J connectivity index is 1.77. The van der Waals surface area contributed by atoms with E-state index in [2.05, 4.69) is 17.1 Å². The molecule has 2 heterocycles. The molecule has 1 fully saturated rings. The first-order chi connectivity index (χ1) is 10.6. The van der Waals surface area contributed by atoms with Crippen LogP contribution in [0.3, 0.4) is 0 Å². The molecule has 1 amide bonds. The van der Waals surface area contributed by atoms with E-state index in [9.17, 15) is 4.79 Å². The SMILES string of the molecule is CN1CCCN(C(=O)c2cc(-c3cccc(Cl)c3)on2)CC1. The van der Waals surface area contributed by atoms with Crippen molar-refractivity contribution < 1.29 is 9.32 Å². The van der Waals surface area contributed by atoms with Crippen molar-refractivity contribution in [2.24, 2.45) is 0 Å². The smallest absolute Gasteiger partial charge is 0.276 e. The minimum absolute atomic E-state index is 0.0765. The highest BCUT2D eigenvalue weighted by Gasteiger charge is 2.22. The van der Waals surface area contributed by atoms with Crippen LogP contribution in [0.5, 0.6) is 0 Å². The molecule has 1 aliphatic rings. The standard InChI is InChI=1S/C16H18ClN3O2/c1-19-6-3-7-20(9-8-19)16(21)14-11-15(22-18-14)12-4-2-5-13(17)10-12/h2,4-5,10-11H,3,6-9H2,1H3. The Bertz CT molecular complexity index is 671. The lowest BCUT2D eigenvalue weighted by molar-refractivity contribution is 0.0752. The van der Waals surface area contributed by atoms with Gasteiger partial charge in [0.2, 0.25) is 0 Å². The number of nitrogens with zero attached hydrogens (tertiary/aromatic N) is 3. The highest BCUT2D eigenvalue weighted by Crippen LogP contribution is 2.24. The third kappa shape index (κ3) is 3.31. The maximum Gasteiger partial charge on any atom is 0.276 e. The van der Waals surface area contributed by atoms with Crippen LogP contribution in [-0.2, 0) is 0 Å². The van der Waals surface area contributed by atoms with Gasteiger partial charge >= 0.3 is 0 Å². The molecule has 0 aliphatic carbocycles. The molecular weight excluding hydrogens is 302 g/mol. The molecule has 0 radical (unpaired) electrons. The lowest BCUT2D eigenvalue weighted by Crippen LogP contribution is -2.34. The summed E-state index contributed by atoms with van der Waals surface area (Å²) in [6.07, 6.45) is 0.973. The summed E-state index contributed by atoms with van der Waals surface area (Å²) in [6.45, 7) is 3.36. The number of carbonyl (C=O) groups excluding carboxylic acids is 1. The first-order valence-electron chi connectivity index (χ1n) is 7.34. The molecular formula is C16H18ClN3O2. The lowest BCUT2D eigenvalue weighted by Gasteiger charge is -2.18. The number of hydrogen-bond donors (Lipinski definition) is 0. The van der Waals surface area contributed by atoms with E-state index >= 15 is 0 Å². The molecule has 116 valence electrons. The molecule has 1 aromatic carbocycles. The van der Waals surface area contributed by atoms with Crippen molar-refractivity contribution in [3.8, 4) is 11.3 Å². The zero-order valence-electron chi connectivity index (χ0n) is 12.5. The van der Waals surface area contributed by atoms with Gasteiger partial charge in [-0.25, -0.2) is 0 Å². The van der Waals surface area contributed by atoms with Gasteiger partial charge in [0, 0.05) is 36.3 Å². The summed E-state index contributed by atoms with van der Waals surface area (Å²) < 4.78 is 5.30. The van der Waals surface area contributed by atoms with Crippen molar-refractivity contribution in [1.82, 2.24) is 15.0 Å². The third-order valence-electron chi connectivity index (χ3n) is 3.85. The largest absolute Gasteiger partial charge is 0.355 e.